The molecule has 1 aromatic heterocycles. The van der Waals surface area contributed by atoms with E-state index in [1.165, 1.54) is 11.3 Å². The Hall–Kier alpha value is -1.92. The van der Waals surface area contributed by atoms with Crippen molar-refractivity contribution < 1.29 is 14.7 Å². The highest BCUT2D eigenvalue weighted by Gasteiger charge is 2.38. The largest absolute Gasteiger partial charge is 0.481 e. The molecule has 1 aliphatic rings. The number of aromatic nitrogens is 1. The molecular weight excluding hydrogens is 348 g/mol. The van der Waals surface area contributed by atoms with E-state index >= 15 is 0 Å². The highest BCUT2D eigenvalue weighted by atomic mass is 35.5. The summed E-state index contributed by atoms with van der Waals surface area (Å²) < 4.78 is 0. The van der Waals surface area contributed by atoms with E-state index in [0.717, 1.165) is 10.6 Å². The summed E-state index contributed by atoms with van der Waals surface area (Å²) in [6, 6.07) is 7.17. The second-order valence-corrected chi connectivity index (χ2v) is 7.13. The highest BCUT2D eigenvalue weighted by molar-refractivity contribution is 7.13. The van der Waals surface area contributed by atoms with Crippen molar-refractivity contribution in [2.75, 3.05) is 6.54 Å². The zero-order valence-corrected chi connectivity index (χ0v) is 14.7. The number of likely N-dealkylation sites (tertiary alicyclic amines) is 1. The van der Waals surface area contributed by atoms with Gasteiger partial charge in [-0.25, -0.2) is 4.98 Å². The Morgan fingerprint density at radius 1 is 1.42 bits per heavy atom. The molecule has 0 saturated carbocycles. The van der Waals surface area contributed by atoms with Gasteiger partial charge in [-0.1, -0.05) is 29.8 Å². The number of hydrogen-bond acceptors (Lipinski definition) is 4. The fourth-order valence-electron chi connectivity index (χ4n) is 3.02. The van der Waals surface area contributed by atoms with Crippen molar-refractivity contribution in [2.24, 2.45) is 5.92 Å². The van der Waals surface area contributed by atoms with Gasteiger partial charge in [0.25, 0.3) is 0 Å². The van der Waals surface area contributed by atoms with Gasteiger partial charge in [0.15, 0.2) is 0 Å². The van der Waals surface area contributed by atoms with Crippen LogP contribution in [-0.2, 0) is 16.0 Å². The Morgan fingerprint density at radius 2 is 2.17 bits per heavy atom. The Kier molecular flexibility index (Phi) is 4.87. The van der Waals surface area contributed by atoms with E-state index in [0.29, 0.717) is 23.7 Å². The number of carbonyl (C=O) groups excluding carboxylic acids is 1. The number of aliphatic carboxylic acids is 1. The number of carbonyl (C=O) groups is 2. The van der Waals surface area contributed by atoms with Crippen LogP contribution in [0.25, 0.3) is 10.6 Å². The highest BCUT2D eigenvalue weighted by Crippen LogP contribution is 2.31. The summed E-state index contributed by atoms with van der Waals surface area (Å²) in [6.45, 7) is 2.28. The van der Waals surface area contributed by atoms with Crippen molar-refractivity contribution in [1.82, 2.24) is 9.88 Å². The van der Waals surface area contributed by atoms with E-state index in [1.807, 2.05) is 23.6 Å². The van der Waals surface area contributed by atoms with Crippen LogP contribution in [0.2, 0.25) is 5.02 Å². The van der Waals surface area contributed by atoms with Gasteiger partial charge in [0, 0.05) is 23.5 Å². The maximum absolute atomic E-state index is 12.5. The number of amides is 1. The van der Waals surface area contributed by atoms with E-state index < -0.39 is 11.9 Å². The van der Waals surface area contributed by atoms with Crippen LogP contribution in [0.3, 0.4) is 0 Å². The smallest absolute Gasteiger partial charge is 0.308 e. The standard InChI is InChI=1S/C17H17ClN2O3S/c1-10-12(17(22)23)6-7-20(10)15(21)8-11-9-24-16(19-11)13-4-2-3-5-14(13)18/h2-5,9-10,12H,6-8H2,1H3,(H,22,23). The number of hydrogen-bond donors (Lipinski definition) is 1. The third kappa shape index (κ3) is 3.30. The number of halogens is 1. The molecule has 2 atom stereocenters. The monoisotopic (exact) mass is 364 g/mol. The minimum absolute atomic E-state index is 0.0812. The van der Waals surface area contributed by atoms with Crippen LogP contribution in [0.5, 0.6) is 0 Å². The lowest BCUT2D eigenvalue weighted by Gasteiger charge is -2.22. The second kappa shape index (κ2) is 6.91. The number of nitrogens with zero attached hydrogens (tertiary/aromatic N) is 2. The van der Waals surface area contributed by atoms with Crippen LogP contribution >= 0.6 is 22.9 Å². The van der Waals surface area contributed by atoms with Crippen LogP contribution < -0.4 is 0 Å². The van der Waals surface area contributed by atoms with Crippen molar-refractivity contribution in [1.29, 1.82) is 0 Å². The predicted octanol–water partition coefficient (Wildman–Crippen LogP) is 3.33. The van der Waals surface area contributed by atoms with E-state index in [1.54, 1.807) is 17.9 Å². The molecule has 1 saturated heterocycles. The van der Waals surface area contributed by atoms with Crippen molar-refractivity contribution in [3.63, 3.8) is 0 Å². The first-order valence-electron chi connectivity index (χ1n) is 7.69. The molecule has 0 aliphatic carbocycles. The first-order chi connectivity index (χ1) is 11.5. The Balaban J connectivity index is 1.70. The second-order valence-electron chi connectivity index (χ2n) is 5.86. The average Bonchev–Trinajstić information content (AvgIpc) is 3.14. The minimum atomic E-state index is -0.840. The van der Waals surface area contributed by atoms with Crippen LogP contribution in [-0.4, -0.2) is 39.5 Å². The molecule has 2 heterocycles. The maximum Gasteiger partial charge on any atom is 0.308 e. The van der Waals surface area contributed by atoms with Gasteiger partial charge in [0.1, 0.15) is 5.01 Å². The third-order valence-electron chi connectivity index (χ3n) is 4.38. The van der Waals surface area contributed by atoms with Crippen LogP contribution in [0.15, 0.2) is 29.6 Å². The quantitative estimate of drug-likeness (QED) is 0.903. The molecule has 2 aromatic rings. The Bertz CT molecular complexity index is 777. The van der Waals surface area contributed by atoms with Gasteiger partial charge in [-0.05, 0) is 19.4 Å². The summed E-state index contributed by atoms with van der Waals surface area (Å²) in [7, 11) is 0. The number of benzene rings is 1. The summed E-state index contributed by atoms with van der Waals surface area (Å²) in [5, 5.41) is 12.4. The van der Waals surface area contributed by atoms with Gasteiger partial charge in [0.2, 0.25) is 5.91 Å². The van der Waals surface area contributed by atoms with E-state index in [9.17, 15) is 9.59 Å². The molecule has 2 unspecified atom stereocenters. The molecule has 7 heteroatoms. The fourth-order valence-corrected chi connectivity index (χ4v) is 4.16. The zero-order valence-electron chi connectivity index (χ0n) is 13.1. The van der Waals surface area contributed by atoms with Crippen molar-refractivity contribution in [3.8, 4) is 10.6 Å². The maximum atomic E-state index is 12.5. The molecule has 1 aliphatic heterocycles. The van der Waals surface area contributed by atoms with E-state index in [2.05, 4.69) is 4.98 Å². The Labute approximate surface area is 148 Å². The normalized spacial score (nSPS) is 20.3. The molecule has 0 radical (unpaired) electrons. The van der Waals surface area contributed by atoms with Crippen molar-refractivity contribution in [3.05, 3.63) is 40.4 Å². The summed E-state index contributed by atoms with van der Waals surface area (Å²) >= 11 is 7.63. The minimum Gasteiger partial charge on any atom is -0.481 e. The summed E-state index contributed by atoms with van der Waals surface area (Å²) in [6.07, 6.45) is 0.682. The van der Waals surface area contributed by atoms with Crippen molar-refractivity contribution >= 4 is 34.8 Å². The third-order valence-corrected chi connectivity index (χ3v) is 5.63. The summed E-state index contributed by atoms with van der Waals surface area (Å²) in [5.74, 6) is -1.40. The van der Waals surface area contributed by atoms with Crippen molar-refractivity contribution in [2.45, 2.75) is 25.8 Å². The lowest BCUT2D eigenvalue weighted by Crippen LogP contribution is -2.38. The van der Waals surface area contributed by atoms with Crippen LogP contribution in [0, 0.1) is 5.92 Å². The molecular formula is C17H17ClN2O3S. The van der Waals surface area contributed by atoms with Gasteiger partial charge >= 0.3 is 5.97 Å². The molecule has 1 N–H and O–H groups in total. The first-order valence-corrected chi connectivity index (χ1v) is 8.94. The first kappa shape index (κ1) is 16.9. The fraction of sp³-hybridized carbons (Fsp3) is 0.353. The average molecular weight is 365 g/mol. The number of carboxylic acids is 1. The number of rotatable bonds is 4. The topological polar surface area (TPSA) is 70.5 Å². The molecule has 1 aromatic carbocycles. The molecule has 0 bridgehead atoms. The molecule has 1 amide bonds. The summed E-state index contributed by atoms with van der Waals surface area (Å²) in [4.78, 5) is 29.8. The molecule has 1 fully saturated rings. The van der Waals surface area contributed by atoms with Crippen LogP contribution in [0.1, 0.15) is 19.0 Å². The Morgan fingerprint density at radius 3 is 2.83 bits per heavy atom. The molecule has 0 spiro atoms. The molecule has 126 valence electrons. The van der Waals surface area contributed by atoms with Crippen LogP contribution in [0.4, 0.5) is 0 Å². The van der Waals surface area contributed by atoms with E-state index in [-0.39, 0.29) is 18.4 Å². The lowest BCUT2D eigenvalue weighted by molar-refractivity contribution is -0.143. The van der Waals surface area contributed by atoms with Gasteiger partial charge in [-0.2, -0.15) is 0 Å². The lowest BCUT2D eigenvalue weighted by atomic mass is 10.0. The zero-order chi connectivity index (χ0) is 17.3. The summed E-state index contributed by atoms with van der Waals surface area (Å²) in [5.41, 5.74) is 1.54. The van der Waals surface area contributed by atoms with Gasteiger partial charge < -0.3 is 10.0 Å². The number of thiazole rings is 1. The molecule has 5 nitrogen and oxygen atoms in total. The van der Waals surface area contributed by atoms with Gasteiger partial charge in [-0.15, -0.1) is 11.3 Å². The van der Waals surface area contributed by atoms with E-state index in [4.69, 9.17) is 16.7 Å². The molecule has 3 rings (SSSR count). The van der Waals surface area contributed by atoms with Gasteiger partial charge in [-0.3, -0.25) is 9.59 Å². The SMILES string of the molecule is CC1C(C(=O)O)CCN1C(=O)Cc1csc(-c2ccccc2Cl)n1. The number of carboxylic acid groups (broad SMARTS) is 1. The molecule has 24 heavy (non-hydrogen) atoms. The van der Waals surface area contributed by atoms with Gasteiger partial charge in [0.05, 0.1) is 23.1 Å². The predicted molar refractivity (Wildman–Crippen MR) is 93.2 cm³/mol.